The second-order valence-electron chi connectivity index (χ2n) is 31.5. The van der Waals surface area contributed by atoms with Gasteiger partial charge in [-0.05, 0) is 233 Å². The van der Waals surface area contributed by atoms with Crippen LogP contribution in [0, 0.1) is 92.7 Å². The van der Waals surface area contributed by atoms with Crippen molar-refractivity contribution >= 4 is 11.9 Å². The number of rotatable bonds is 30. The molecule has 0 radical (unpaired) electrons. The van der Waals surface area contributed by atoms with Crippen LogP contribution in [-0.2, 0) is 19.1 Å². The summed E-state index contributed by atoms with van der Waals surface area (Å²) in [5.41, 5.74) is 4.87. The molecule has 0 aromatic heterocycles. The minimum absolute atomic E-state index is 0.00815. The number of esters is 2. The Balaban J connectivity index is 0.567. The summed E-state index contributed by atoms with van der Waals surface area (Å²) >= 11 is 0. The van der Waals surface area contributed by atoms with Crippen molar-refractivity contribution in [3.05, 3.63) is 47.6 Å². The van der Waals surface area contributed by atoms with Crippen molar-refractivity contribution in [2.24, 2.45) is 92.7 Å². The Bertz CT molecular complexity index is 2090. The molecule has 0 aliphatic heterocycles. The van der Waals surface area contributed by atoms with Gasteiger partial charge in [-0.1, -0.05) is 170 Å². The zero-order valence-corrected chi connectivity index (χ0v) is 54.5. The molecule has 0 saturated heterocycles. The van der Waals surface area contributed by atoms with Crippen molar-refractivity contribution in [2.45, 2.75) is 300 Å². The van der Waals surface area contributed by atoms with E-state index in [0.717, 1.165) is 172 Å². The summed E-state index contributed by atoms with van der Waals surface area (Å²) in [6.07, 6.45) is 45.5. The molecule has 0 heterocycles. The minimum Gasteiger partial charge on any atom is -0.494 e. The standard InChI is InChI=1S/C76H122O6/c1-53(2)23-21-25-55(5)65-37-39-67-63-35-29-57-51-61(41-45-73(57,7)69(63)43-47-75(65,67)9)81-71(77)27-17-13-11-15-19-49-79-59-31-33-60(34-32-59)80-50-20-16-12-14-18-28-72(78)82-62-42-46-74(8)58(52-62)30-36-64-68-40-38-66(56(6)26-22-24-54(3)4)76(68,10)48-44-70(64)74/h29-34,53-56,61-70H,11-28,35-52H2,1-10H3/t55-,56-,61+,62+,63+,64+,65-,66-,67+,68+,69+,70+,73+,74+,75-,76-/m1/s1. The highest BCUT2D eigenvalue weighted by molar-refractivity contribution is 5.70. The van der Waals surface area contributed by atoms with Crippen LogP contribution in [0.15, 0.2) is 47.6 Å². The van der Waals surface area contributed by atoms with E-state index in [0.29, 0.717) is 47.7 Å². The first-order valence-electron chi connectivity index (χ1n) is 35.5. The van der Waals surface area contributed by atoms with Gasteiger partial charge in [0.2, 0.25) is 0 Å². The Kier molecular flexibility index (Phi) is 22.4. The van der Waals surface area contributed by atoms with E-state index >= 15 is 0 Å². The molecule has 0 N–H and O–H groups in total. The predicted molar refractivity (Wildman–Crippen MR) is 339 cm³/mol. The van der Waals surface area contributed by atoms with E-state index < -0.39 is 0 Å². The van der Waals surface area contributed by atoms with E-state index in [2.05, 4.69) is 81.4 Å². The number of unbranched alkanes of at least 4 members (excludes halogenated alkanes) is 8. The lowest BCUT2D eigenvalue weighted by molar-refractivity contribution is -0.152. The van der Waals surface area contributed by atoms with E-state index in [-0.39, 0.29) is 24.1 Å². The number of hydrogen-bond donors (Lipinski definition) is 0. The first-order chi connectivity index (χ1) is 39.4. The molecule has 9 rings (SSSR count). The van der Waals surface area contributed by atoms with Gasteiger partial charge in [-0.2, -0.15) is 0 Å². The van der Waals surface area contributed by atoms with Crippen LogP contribution in [0.25, 0.3) is 0 Å². The molecule has 0 amide bonds. The van der Waals surface area contributed by atoms with E-state index in [1.807, 2.05) is 24.3 Å². The van der Waals surface area contributed by atoms with Gasteiger partial charge in [0.05, 0.1) is 13.2 Å². The van der Waals surface area contributed by atoms with Crippen LogP contribution in [-0.4, -0.2) is 37.4 Å². The Labute approximate surface area is 502 Å². The molecule has 8 aliphatic carbocycles. The second kappa shape index (κ2) is 28.8. The molecule has 6 saturated carbocycles. The molecule has 8 aliphatic rings. The number of fused-ring (bicyclic) bond motifs is 10. The van der Waals surface area contributed by atoms with E-state index in [4.69, 9.17) is 18.9 Å². The first kappa shape index (κ1) is 63.7. The molecule has 1 aromatic carbocycles. The Morgan fingerprint density at radius 1 is 0.451 bits per heavy atom. The van der Waals surface area contributed by atoms with Crippen LogP contribution in [0.2, 0.25) is 0 Å². The van der Waals surface area contributed by atoms with Crippen molar-refractivity contribution in [2.75, 3.05) is 13.2 Å². The van der Waals surface area contributed by atoms with Crippen LogP contribution in [0.4, 0.5) is 0 Å². The predicted octanol–water partition coefficient (Wildman–Crippen LogP) is 21.0. The highest BCUT2D eigenvalue weighted by atomic mass is 16.5. The summed E-state index contributed by atoms with van der Waals surface area (Å²) in [6.45, 7) is 26.7. The fourth-order valence-electron chi connectivity index (χ4n) is 20.8. The van der Waals surface area contributed by atoms with Crippen molar-refractivity contribution in [3.8, 4) is 11.5 Å². The van der Waals surface area contributed by atoms with Crippen molar-refractivity contribution in [3.63, 3.8) is 0 Å². The smallest absolute Gasteiger partial charge is 0.306 e. The van der Waals surface area contributed by atoms with Gasteiger partial charge < -0.3 is 18.9 Å². The average Bonchev–Trinajstić information content (AvgIpc) is 3.10. The van der Waals surface area contributed by atoms with Gasteiger partial charge in [0.15, 0.2) is 0 Å². The molecule has 462 valence electrons. The maximum absolute atomic E-state index is 13.1. The molecule has 6 heteroatoms. The number of benzene rings is 1. The SMILES string of the molecule is CC(C)CCC[C@@H](C)[C@H]1CC[C@H]2[C@@H]3CC=C4C[C@@H](OC(=O)CCCCCCCOc5ccc(OCCCCCCCC(=O)O[C@H]6CC[C@@]7(C)C(=CC[C@H]8[C@@H]9CC[C@H]([C@H](C)CCCC(C)C)[C@@]9(C)CC[C@@H]87)C6)cc5)CC[C@]4(C)[C@H]3CC[C@]12C. The van der Waals surface area contributed by atoms with Crippen molar-refractivity contribution < 1.29 is 28.5 Å². The lowest BCUT2D eigenvalue weighted by Gasteiger charge is -2.58. The van der Waals surface area contributed by atoms with Gasteiger partial charge in [-0.3, -0.25) is 9.59 Å². The third kappa shape index (κ3) is 15.0. The molecular weight excluding hydrogens is 1010 g/mol. The number of allylic oxidation sites excluding steroid dienone is 2. The van der Waals surface area contributed by atoms with Crippen LogP contribution in [0.1, 0.15) is 288 Å². The van der Waals surface area contributed by atoms with E-state index in [1.54, 1.807) is 11.1 Å². The fraction of sp³-hybridized carbons (Fsp3) is 0.842. The van der Waals surface area contributed by atoms with Gasteiger partial charge in [-0.15, -0.1) is 0 Å². The second-order valence-corrected chi connectivity index (χ2v) is 31.5. The molecule has 0 spiro atoms. The monoisotopic (exact) mass is 1130 g/mol. The van der Waals surface area contributed by atoms with Gasteiger partial charge in [0.25, 0.3) is 0 Å². The molecule has 0 bridgehead atoms. The lowest BCUT2D eigenvalue weighted by atomic mass is 9.47. The molecule has 6 fully saturated rings. The molecule has 82 heavy (non-hydrogen) atoms. The third-order valence-corrected chi connectivity index (χ3v) is 25.5. The zero-order valence-electron chi connectivity index (χ0n) is 54.5. The Morgan fingerprint density at radius 3 is 1.24 bits per heavy atom. The molecule has 16 atom stereocenters. The Hall–Kier alpha value is -2.76. The van der Waals surface area contributed by atoms with Gasteiger partial charge in [0, 0.05) is 25.7 Å². The van der Waals surface area contributed by atoms with Crippen molar-refractivity contribution in [1.29, 1.82) is 0 Å². The number of carbonyl (C=O) groups is 2. The number of ether oxygens (including phenoxy) is 4. The normalized spacial score (nSPS) is 35.5. The van der Waals surface area contributed by atoms with Crippen molar-refractivity contribution in [1.82, 2.24) is 0 Å². The molecule has 0 unspecified atom stereocenters. The van der Waals surface area contributed by atoms with Gasteiger partial charge >= 0.3 is 11.9 Å². The van der Waals surface area contributed by atoms with Gasteiger partial charge in [0.1, 0.15) is 23.7 Å². The minimum atomic E-state index is 0.00815. The maximum atomic E-state index is 13.1. The quantitative estimate of drug-likeness (QED) is 0.0434. The summed E-state index contributed by atoms with van der Waals surface area (Å²) in [4.78, 5) is 26.1. The average molecular weight is 1130 g/mol. The summed E-state index contributed by atoms with van der Waals surface area (Å²) < 4.78 is 24.5. The summed E-state index contributed by atoms with van der Waals surface area (Å²) in [6, 6.07) is 8.05. The topological polar surface area (TPSA) is 71.1 Å². The summed E-state index contributed by atoms with van der Waals surface area (Å²) in [7, 11) is 0. The van der Waals surface area contributed by atoms with Crippen LogP contribution >= 0.6 is 0 Å². The van der Waals surface area contributed by atoms with Crippen LogP contribution in [0.3, 0.4) is 0 Å². The molecule has 6 nitrogen and oxygen atoms in total. The van der Waals surface area contributed by atoms with Gasteiger partial charge in [-0.25, -0.2) is 0 Å². The number of hydrogen-bond acceptors (Lipinski definition) is 6. The van der Waals surface area contributed by atoms with E-state index in [9.17, 15) is 9.59 Å². The van der Waals surface area contributed by atoms with Crippen LogP contribution in [0.5, 0.6) is 11.5 Å². The fourth-order valence-corrected chi connectivity index (χ4v) is 20.8. The summed E-state index contributed by atoms with van der Waals surface area (Å²) in [5, 5.41) is 0. The molecular formula is C76H122O6. The highest BCUT2D eigenvalue weighted by Gasteiger charge is 2.61. The molecule has 1 aromatic rings. The maximum Gasteiger partial charge on any atom is 0.306 e. The lowest BCUT2D eigenvalue weighted by Crippen LogP contribution is -2.51. The Morgan fingerprint density at radius 2 is 0.841 bits per heavy atom. The summed E-state index contributed by atoms with van der Waals surface area (Å²) in [5.74, 6) is 12.0. The van der Waals surface area contributed by atoms with E-state index in [1.165, 1.54) is 116 Å². The first-order valence-corrected chi connectivity index (χ1v) is 35.5. The third-order valence-electron chi connectivity index (χ3n) is 25.5. The van der Waals surface area contributed by atoms with Crippen LogP contribution < -0.4 is 9.47 Å². The highest BCUT2D eigenvalue weighted by Crippen LogP contribution is 2.69. The number of carbonyl (C=O) groups excluding carboxylic acids is 2. The zero-order chi connectivity index (χ0) is 58.1. The largest absolute Gasteiger partial charge is 0.494 e.